The number of carbonyl (C=O) groups is 2. The fourth-order valence-corrected chi connectivity index (χ4v) is 3.85. The van der Waals surface area contributed by atoms with Crippen molar-refractivity contribution in [3.8, 4) is 0 Å². The molecule has 0 saturated carbocycles. The molecule has 142 valence electrons. The minimum absolute atomic E-state index is 0.0410. The van der Waals surface area contributed by atoms with Gasteiger partial charge in [0.2, 0.25) is 5.91 Å². The maximum absolute atomic E-state index is 12.9. The van der Waals surface area contributed by atoms with Gasteiger partial charge in [0.25, 0.3) is 5.91 Å². The molecule has 0 radical (unpaired) electrons. The van der Waals surface area contributed by atoms with E-state index in [-0.39, 0.29) is 17.7 Å². The summed E-state index contributed by atoms with van der Waals surface area (Å²) in [5, 5.41) is 7.41. The Morgan fingerprint density at radius 1 is 1.19 bits per heavy atom. The molecule has 1 fully saturated rings. The maximum atomic E-state index is 12.9. The third kappa shape index (κ3) is 3.60. The molecule has 0 spiro atoms. The predicted octanol–water partition coefficient (Wildman–Crippen LogP) is 1.98. The second-order valence-corrected chi connectivity index (χ2v) is 7.11. The Morgan fingerprint density at radius 3 is 2.67 bits per heavy atom. The van der Waals surface area contributed by atoms with E-state index in [4.69, 9.17) is 4.74 Å². The maximum Gasteiger partial charge on any atom is 0.256 e. The molecule has 27 heavy (non-hydrogen) atoms. The first kappa shape index (κ1) is 17.7. The molecule has 1 N–H and O–H groups in total. The Bertz CT molecular complexity index is 840. The van der Waals surface area contributed by atoms with Crippen LogP contribution < -0.4 is 5.32 Å². The molecule has 1 aromatic heterocycles. The van der Waals surface area contributed by atoms with Crippen LogP contribution >= 0.6 is 0 Å². The number of amides is 2. The Balaban J connectivity index is 1.52. The number of anilines is 1. The minimum Gasteiger partial charge on any atom is -0.381 e. The number of carbonyl (C=O) groups excluding carboxylic acids is 2. The minimum atomic E-state index is -0.190. The number of aryl methyl sites for hydroxylation is 1. The molecule has 2 aromatic rings. The van der Waals surface area contributed by atoms with Gasteiger partial charge in [-0.3, -0.25) is 14.3 Å². The highest BCUT2D eigenvalue weighted by Gasteiger charge is 2.31. The molecule has 4 rings (SSSR count). The van der Waals surface area contributed by atoms with Gasteiger partial charge in [-0.2, -0.15) is 5.10 Å². The summed E-state index contributed by atoms with van der Waals surface area (Å²) in [7, 11) is 1.88. The number of hydrogen-bond acceptors (Lipinski definition) is 4. The van der Waals surface area contributed by atoms with Crippen LogP contribution in [0.2, 0.25) is 0 Å². The third-order valence-electron chi connectivity index (χ3n) is 5.39. The second kappa shape index (κ2) is 7.52. The smallest absolute Gasteiger partial charge is 0.256 e. The van der Waals surface area contributed by atoms with Gasteiger partial charge in [0, 0.05) is 56.0 Å². The molecule has 0 atom stereocenters. The summed E-state index contributed by atoms with van der Waals surface area (Å²) in [4.78, 5) is 27.3. The first-order valence-corrected chi connectivity index (χ1v) is 9.41. The van der Waals surface area contributed by atoms with Crippen LogP contribution in [-0.4, -0.2) is 46.3 Å². The van der Waals surface area contributed by atoms with Crippen LogP contribution in [0.3, 0.4) is 0 Å². The Labute approximate surface area is 158 Å². The van der Waals surface area contributed by atoms with Crippen molar-refractivity contribution in [3.63, 3.8) is 0 Å². The molecule has 0 bridgehead atoms. The number of aromatic nitrogens is 2. The lowest BCUT2D eigenvalue weighted by Crippen LogP contribution is -2.41. The Morgan fingerprint density at radius 2 is 1.93 bits per heavy atom. The average molecular weight is 368 g/mol. The summed E-state index contributed by atoms with van der Waals surface area (Å²) < 4.78 is 7.18. The van der Waals surface area contributed by atoms with E-state index < -0.39 is 0 Å². The third-order valence-corrected chi connectivity index (χ3v) is 5.39. The molecule has 0 unspecified atom stereocenters. The highest BCUT2D eigenvalue weighted by molar-refractivity contribution is 6.04. The van der Waals surface area contributed by atoms with Gasteiger partial charge in [0.05, 0.1) is 6.54 Å². The van der Waals surface area contributed by atoms with Gasteiger partial charge in [-0.25, -0.2) is 0 Å². The first-order valence-electron chi connectivity index (χ1n) is 9.41. The van der Waals surface area contributed by atoms with Crippen molar-refractivity contribution in [2.24, 2.45) is 13.0 Å². The van der Waals surface area contributed by atoms with E-state index in [0.717, 1.165) is 30.5 Å². The number of benzene rings is 1. The van der Waals surface area contributed by atoms with Crippen molar-refractivity contribution >= 4 is 17.6 Å². The first-order chi connectivity index (χ1) is 13.1. The van der Waals surface area contributed by atoms with Gasteiger partial charge in [-0.1, -0.05) is 18.2 Å². The number of rotatable bonds is 3. The molecule has 3 heterocycles. The van der Waals surface area contributed by atoms with Crippen molar-refractivity contribution in [2.75, 3.05) is 25.1 Å². The number of nitrogens with zero attached hydrogens (tertiary/aromatic N) is 3. The van der Waals surface area contributed by atoms with E-state index in [1.54, 1.807) is 12.1 Å². The topological polar surface area (TPSA) is 76.5 Å². The van der Waals surface area contributed by atoms with Crippen LogP contribution in [0.25, 0.3) is 0 Å². The highest BCUT2D eigenvalue weighted by atomic mass is 16.5. The van der Waals surface area contributed by atoms with Crippen LogP contribution in [0.5, 0.6) is 0 Å². The standard InChI is InChI=1S/C20H24N4O3/c1-23-17-7-10-24(20(26)15-8-11-27-12-9-15)13-16(17)18(22-23)21-19(25)14-5-3-2-4-6-14/h2-6,15H,7-13H2,1H3,(H,21,22,25). The van der Waals surface area contributed by atoms with Crippen LogP contribution in [0.1, 0.15) is 34.5 Å². The SMILES string of the molecule is Cn1nc(NC(=O)c2ccccc2)c2c1CCN(C(=O)C1CCOCC1)C2. The largest absolute Gasteiger partial charge is 0.381 e. The lowest BCUT2D eigenvalue weighted by Gasteiger charge is -2.32. The molecule has 2 aliphatic rings. The zero-order valence-corrected chi connectivity index (χ0v) is 15.5. The summed E-state index contributed by atoms with van der Waals surface area (Å²) in [6.07, 6.45) is 2.31. The van der Waals surface area contributed by atoms with E-state index in [1.165, 1.54) is 0 Å². The fourth-order valence-electron chi connectivity index (χ4n) is 3.85. The number of fused-ring (bicyclic) bond motifs is 1. The van der Waals surface area contributed by atoms with Gasteiger partial charge in [0.1, 0.15) is 0 Å². The van der Waals surface area contributed by atoms with Crippen molar-refractivity contribution in [1.29, 1.82) is 0 Å². The van der Waals surface area contributed by atoms with Crippen LogP contribution in [0, 0.1) is 5.92 Å². The lowest BCUT2D eigenvalue weighted by atomic mass is 9.97. The van der Waals surface area contributed by atoms with Gasteiger partial charge in [-0.05, 0) is 25.0 Å². The van der Waals surface area contributed by atoms with Gasteiger partial charge < -0.3 is 15.0 Å². The van der Waals surface area contributed by atoms with Crippen LogP contribution in [-0.2, 0) is 29.5 Å². The van der Waals surface area contributed by atoms with E-state index in [0.29, 0.717) is 37.7 Å². The summed E-state index contributed by atoms with van der Waals surface area (Å²) >= 11 is 0. The van der Waals surface area contributed by atoms with Crippen molar-refractivity contribution in [1.82, 2.24) is 14.7 Å². The summed E-state index contributed by atoms with van der Waals surface area (Å²) in [6.45, 7) is 2.49. The predicted molar refractivity (Wildman–Crippen MR) is 100 cm³/mol. The molecule has 2 amide bonds. The Hall–Kier alpha value is -2.67. The lowest BCUT2D eigenvalue weighted by molar-refractivity contribution is -0.139. The van der Waals surface area contributed by atoms with E-state index >= 15 is 0 Å². The number of nitrogens with one attached hydrogen (secondary N) is 1. The zero-order chi connectivity index (χ0) is 18.8. The highest BCUT2D eigenvalue weighted by Crippen LogP contribution is 2.28. The zero-order valence-electron chi connectivity index (χ0n) is 15.5. The fraction of sp³-hybridized carbons (Fsp3) is 0.450. The molecular formula is C20H24N4O3. The van der Waals surface area contributed by atoms with Gasteiger partial charge in [0.15, 0.2) is 5.82 Å². The van der Waals surface area contributed by atoms with Crippen LogP contribution in [0.15, 0.2) is 30.3 Å². The van der Waals surface area contributed by atoms with Gasteiger partial charge in [-0.15, -0.1) is 0 Å². The van der Waals surface area contributed by atoms with E-state index in [1.807, 2.05) is 34.8 Å². The molecule has 0 aliphatic carbocycles. The molecule has 2 aliphatic heterocycles. The molecule has 7 heteroatoms. The van der Waals surface area contributed by atoms with E-state index in [9.17, 15) is 9.59 Å². The molecule has 1 aromatic carbocycles. The Kier molecular flexibility index (Phi) is 4.94. The second-order valence-electron chi connectivity index (χ2n) is 7.11. The van der Waals surface area contributed by atoms with Gasteiger partial charge >= 0.3 is 0 Å². The monoisotopic (exact) mass is 368 g/mol. The van der Waals surface area contributed by atoms with Crippen molar-refractivity contribution in [2.45, 2.75) is 25.8 Å². The van der Waals surface area contributed by atoms with Crippen LogP contribution in [0.4, 0.5) is 5.82 Å². The van der Waals surface area contributed by atoms with E-state index in [2.05, 4.69) is 10.4 Å². The summed E-state index contributed by atoms with van der Waals surface area (Å²) in [5.74, 6) is 0.586. The quantitative estimate of drug-likeness (QED) is 0.899. The summed E-state index contributed by atoms with van der Waals surface area (Å²) in [6, 6.07) is 9.07. The molecule has 1 saturated heterocycles. The number of ether oxygens (including phenoxy) is 1. The van der Waals surface area contributed by atoms with Crippen molar-refractivity contribution < 1.29 is 14.3 Å². The number of hydrogen-bond donors (Lipinski definition) is 1. The molecular weight excluding hydrogens is 344 g/mol. The normalized spacial score (nSPS) is 17.4. The van der Waals surface area contributed by atoms with Crippen molar-refractivity contribution in [3.05, 3.63) is 47.2 Å². The molecule has 7 nitrogen and oxygen atoms in total. The summed E-state index contributed by atoms with van der Waals surface area (Å²) in [5.41, 5.74) is 2.60. The average Bonchev–Trinajstić information content (AvgIpc) is 3.03.